The summed E-state index contributed by atoms with van der Waals surface area (Å²) in [5, 5.41) is 7.39. The predicted molar refractivity (Wildman–Crippen MR) is 73.0 cm³/mol. The van der Waals surface area contributed by atoms with Gasteiger partial charge in [-0.1, -0.05) is 17.7 Å². The standard InChI is InChI=1S/C12H17N3S/c1-8-5-9(2)11(10(3)6-8)7-14-15-12(16)13-4/h5-7H,1-4H3,(H2,13,15,16)/b14-7+. The maximum Gasteiger partial charge on any atom is 0.186 e. The summed E-state index contributed by atoms with van der Waals surface area (Å²) in [6.45, 7) is 6.25. The molecule has 0 saturated carbocycles. The molecule has 16 heavy (non-hydrogen) atoms. The maximum atomic E-state index is 4.92. The third-order valence-electron chi connectivity index (χ3n) is 2.32. The fourth-order valence-electron chi connectivity index (χ4n) is 1.61. The van der Waals surface area contributed by atoms with Crippen LogP contribution in [0.1, 0.15) is 22.3 Å². The largest absolute Gasteiger partial charge is 0.364 e. The Balaban J connectivity index is 2.85. The molecule has 0 fully saturated rings. The van der Waals surface area contributed by atoms with Crippen LogP contribution < -0.4 is 10.7 Å². The van der Waals surface area contributed by atoms with Gasteiger partial charge in [0.05, 0.1) is 6.21 Å². The molecule has 0 heterocycles. The molecule has 0 unspecified atom stereocenters. The zero-order valence-electron chi connectivity index (χ0n) is 10.1. The number of thiocarbonyl (C=S) groups is 1. The van der Waals surface area contributed by atoms with Gasteiger partial charge < -0.3 is 5.32 Å². The first-order valence-electron chi connectivity index (χ1n) is 5.13. The summed E-state index contributed by atoms with van der Waals surface area (Å²) in [5.41, 5.74) is 7.59. The third kappa shape index (κ3) is 3.31. The number of rotatable bonds is 2. The molecule has 3 nitrogen and oxygen atoms in total. The molecule has 1 aromatic carbocycles. The number of nitrogens with one attached hydrogen (secondary N) is 2. The highest BCUT2D eigenvalue weighted by Gasteiger charge is 2.00. The van der Waals surface area contributed by atoms with E-state index in [2.05, 4.69) is 48.7 Å². The maximum absolute atomic E-state index is 4.92. The van der Waals surface area contributed by atoms with Crippen molar-refractivity contribution in [2.45, 2.75) is 20.8 Å². The van der Waals surface area contributed by atoms with E-state index in [9.17, 15) is 0 Å². The van der Waals surface area contributed by atoms with Crippen molar-refractivity contribution in [3.63, 3.8) is 0 Å². The van der Waals surface area contributed by atoms with Crippen LogP contribution in [0, 0.1) is 20.8 Å². The molecule has 2 N–H and O–H groups in total. The highest BCUT2D eigenvalue weighted by atomic mass is 32.1. The lowest BCUT2D eigenvalue weighted by Gasteiger charge is -2.06. The highest BCUT2D eigenvalue weighted by molar-refractivity contribution is 7.80. The lowest BCUT2D eigenvalue weighted by Crippen LogP contribution is -2.28. The minimum absolute atomic E-state index is 0.513. The zero-order valence-corrected chi connectivity index (χ0v) is 10.9. The van der Waals surface area contributed by atoms with Crippen molar-refractivity contribution in [1.82, 2.24) is 10.7 Å². The van der Waals surface area contributed by atoms with Gasteiger partial charge in [0.2, 0.25) is 0 Å². The van der Waals surface area contributed by atoms with Crippen LogP contribution in [0.2, 0.25) is 0 Å². The van der Waals surface area contributed by atoms with Crippen molar-refractivity contribution < 1.29 is 0 Å². The average Bonchev–Trinajstić information content (AvgIpc) is 2.21. The summed E-state index contributed by atoms with van der Waals surface area (Å²) in [6, 6.07) is 4.29. The molecule has 0 atom stereocenters. The van der Waals surface area contributed by atoms with Crippen LogP contribution in [0.4, 0.5) is 0 Å². The molecule has 0 saturated heterocycles. The van der Waals surface area contributed by atoms with Crippen LogP contribution in [0.5, 0.6) is 0 Å². The second-order valence-electron chi connectivity index (χ2n) is 3.76. The Morgan fingerprint density at radius 2 is 1.81 bits per heavy atom. The van der Waals surface area contributed by atoms with Gasteiger partial charge in [0.1, 0.15) is 0 Å². The van der Waals surface area contributed by atoms with Crippen molar-refractivity contribution >= 4 is 23.5 Å². The van der Waals surface area contributed by atoms with E-state index in [0.717, 1.165) is 5.56 Å². The number of hydrogen-bond acceptors (Lipinski definition) is 2. The number of benzene rings is 1. The molecule has 1 rings (SSSR count). The van der Waals surface area contributed by atoms with Crippen molar-refractivity contribution in [3.05, 3.63) is 34.4 Å². The van der Waals surface area contributed by atoms with E-state index in [1.54, 1.807) is 13.3 Å². The van der Waals surface area contributed by atoms with Gasteiger partial charge in [0.15, 0.2) is 5.11 Å². The first kappa shape index (κ1) is 12.6. The van der Waals surface area contributed by atoms with Crippen LogP contribution >= 0.6 is 12.2 Å². The molecule has 0 aliphatic carbocycles. The van der Waals surface area contributed by atoms with Gasteiger partial charge in [-0.2, -0.15) is 5.10 Å². The monoisotopic (exact) mass is 235 g/mol. The smallest absolute Gasteiger partial charge is 0.186 e. The number of nitrogens with zero attached hydrogens (tertiary/aromatic N) is 1. The Labute approximate surface area is 102 Å². The molecular weight excluding hydrogens is 218 g/mol. The van der Waals surface area contributed by atoms with E-state index in [1.807, 2.05) is 0 Å². The number of hydrazone groups is 1. The summed E-state index contributed by atoms with van der Waals surface area (Å²) in [6.07, 6.45) is 1.80. The molecule has 0 aliphatic heterocycles. The quantitative estimate of drug-likeness (QED) is 0.468. The fourth-order valence-corrected chi connectivity index (χ4v) is 1.66. The molecule has 86 valence electrons. The number of aryl methyl sites for hydroxylation is 3. The summed E-state index contributed by atoms with van der Waals surface area (Å²) >= 11 is 4.92. The minimum Gasteiger partial charge on any atom is -0.364 e. The molecule has 1 aromatic rings. The van der Waals surface area contributed by atoms with E-state index in [-0.39, 0.29) is 0 Å². The van der Waals surface area contributed by atoms with Crippen LogP contribution in [0.25, 0.3) is 0 Å². The lowest BCUT2D eigenvalue weighted by atomic mass is 10.0. The summed E-state index contributed by atoms with van der Waals surface area (Å²) < 4.78 is 0. The molecule has 0 aliphatic rings. The van der Waals surface area contributed by atoms with Gasteiger partial charge in [-0.05, 0) is 44.1 Å². The summed E-state index contributed by atoms with van der Waals surface area (Å²) in [7, 11) is 1.76. The lowest BCUT2D eigenvalue weighted by molar-refractivity contribution is 0.981. The Morgan fingerprint density at radius 3 is 2.31 bits per heavy atom. The number of hydrogen-bond donors (Lipinski definition) is 2. The van der Waals surface area contributed by atoms with Gasteiger partial charge >= 0.3 is 0 Å². The van der Waals surface area contributed by atoms with Gasteiger partial charge in [-0.15, -0.1) is 0 Å². The Bertz CT molecular complexity index is 401. The fraction of sp³-hybridized carbons (Fsp3) is 0.333. The highest BCUT2D eigenvalue weighted by Crippen LogP contribution is 2.13. The Morgan fingerprint density at radius 1 is 1.25 bits per heavy atom. The molecule has 0 bridgehead atoms. The van der Waals surface area contributed by atoms with Gasteiger partial charge in [0, 0.05) is 12.6 Å². The Kier molecular flexibility index (Phi) is 4.43. The van der Waals surface area contributed by atoms with E-state index in [1.165, 1.54) is 16.7 Å². The van der Waals surface area contributed by atoms with E-state index >= 15 is 0 Å². The van der Waals surface area contributed by atoms with Crippen molar-refractivity contribution in [2.75, 3.05) is 7.05 Å². The molecule has 0 spiro atoms. The second kappa shape index (κ2) is 5.61. The van der Waals surface area contributed by atoms with Gasteiger partial charge in [-0.3, -0.25) is 5.43 Å². The van der Waals surface area contributed by atoms with Crippen LogP contribution in [-0.2, 0) is 0 Å². The SMILES string of the molecule is CNC(=S)N/N=C/c1c(C)cc(C)cc1C. The van der Waals surface area contributed by atoms with Gasteiger partial charge in [0.25, 0.3) is 0 Å². The molecule has 0 aromatic heterocycles. The third-order valence-corrected chi connectivity index (χ3v) is 2.62. The zero-order chi connectivity index (χ0) is 12.1. The van der Waals surface area contributed by atoms with Crippen LogP contribution in [0.3, 0.4) is 0 Å². The normalized spacial score (nSPS) is 10.5. The summed E-state index contributed by atoms with van der Waals surface area (Å²) in [4.78, 5) is 0. The molecular formula is C12H17N3S. The van der Waals surface area contributed by atoms with E-state index < -0.39 is 0 Å². The van der Waals surface area contributed by atoms with Crippen molar-refractivity contribution in [2.24, 2.45) is 5.10 Å². The van der Waals surface area contributed by atoms with E-state index in [0.29, 0.717) is 5.11 Å². The molecule has 0 amide bonds. The minimum atomic E-state index is 0.513. The van der Waals surface area contributed by atoms with Crippen LogP contribution in [0.15, 0.2) is 17.2 Å². The predicted octanol–water partition coefficient (Wildman–Crippen LogP) is 2.04. The molecule has 4 heteroatoms. The van der Waals surface area contributed by atoms with Crippen LogP contribution in [-0.4, -0.2) is 18.4 Å². The summed E-state index contributed by atoms with van der Waals surface area (Å²) in [5.74, 6) is 0. The Hall–Kier alpha value is -1.42. The van der Waals surface area contributed by atoms with E-state index in [4.69, 9.17) is 12.2 Å². The van der Waals surface area contributed by atoms with Gasteiger partial charge in [-0.25, -0.2) is 0 Å². The topological polar surface area (TPSA) is 36.4 Å². The second-order valence-corrected chi connectivity index (χ2v) is 4.17. The van der Waals surface area contributed by atoms with Crippen molar-refractivity contribution in [3.8, 4) is 0 Å². The average molecular weight is 235 g/mol. The molecule has 0 radical (unpaired) electrons. The first-order valence-corrected chi connectivity index (χ1v) is 5.54. The van der Waals surface area contributed by atoms with Crippen molar-refractivity contribution in [1.29, 1.82) is 0 Å². The first-order chi connectivity index (χ1) is 7.54.